The van der Waals surface area contributed by atoms with Crippen molar-refractivity contribution in [2.45, 2.75) is 6.42 Å². The molecule has 94 valence electrons. The van der Waals surface area contributed by atoms with E-state index in [-0.39, 0.29) is 28.6 Å². The van der Waals surface area contributed by atoms with Crippen LogP contribution >= 0.6 is 23.2 Å². The molecule has 1 aromatic carbocycles. The van der Waals surface area contributed by atoms with Gasteiger partial charge in [-0.15, -0.1) is 0 Å². The first-order chi connectivity index (χ1) is 8.47. The van der Waals surface area contributed by atoms with Gasteiger partial charge in [0.1, 0.15) is 5.02 Å². The van der Waals surface area contributed by atoms with E-state index in [1.165, 1.54) is 6.07 Å². The Kier molecular flexibility index (Phi) is 4.89. The van der Waals surface area contributed by atoms with E-state index in [0.717, 1.165) is 6.07 Å². The van der Waals surface area contributed by atoms with Crippen LogP contribution < -0.4 is 5.32 Å². The molecule has 0 aliphatic rings. The van der Waals surface area contributed by atoms with Crippen LogP contribution in [0.3, 0.4) is 0 Å². The summed E-state index contributed by atoms with van der Waals surface area (Å²) in [6, 6.07) is 4.13. The van der Waals surface area contributed by atoms with Crippen LogP contribution in [-0.4, -0.2) is 17.4 Å². The third kappa shape index (κ3) is 3.32. The lowest BCUT2D eigenvalue weighted by molar-refractivity contribution is -0.384. The van der Waals surface area contributed by atoms with Gasteiger partial charge in [0.05, 0.1) is 22.4 Å². The van der Waals surface area contributed by atoms with E-state index in [0.29, 0.717) is 0 Å². The minimum Gasteiger partial charge on any atom is -0.351 e. The zero-order chi connectivity index (χ0) is 13.7. The number of benzene rings is 1. The zero-order valence-electron chi connectivity index (χ0n) is 8.94. The van der Waals surface area contributed by atoms with Gasteiger partial charge in [-0.2, -0.15) is 5.26 Å². The van der Waals surface area contributed by atoms with Gasteiger partial charge in [0.15, 0.2) is 0 Å². The maximum Gasteiger partial charge on any atom is 0.290 e. The van der Waals surface area contributed by atoms with E-state index >= 15 is 0 Å². The van der Waals surface area contributed by atoms with E-state index in [9.17, 15) is 14.9 Å². The number of halogens is 2. The summed E-state index contributed by atoms with van der Waals surface area (Å²) in [5, 5.41) is 21.2. The summed E-state index contributed by atoms with van der Waals surface area (Å²) in [6.07, 6.45) is 0.148. The Bertz CT molecular complexity index is 540. The molecule has 6 nitrogen and oxygen atoms in total. The van der Waals surface area contributed by atoms with Crippen LogP contribution in [0.25, 0.3) is 0 Å². The van der Waals surface area contributed by atoms with Crippen molar-refractivity contribution < 1.29 is 9.72 Å². The van der Waals surface area contributed by atoms with Crippen molar-refractivity contribution in [2.24, 2.45) is 0 Å². The number of nitrogens with zero attached hydrogens (tertiary/aromatic N) is 2. The number of nitrogens with one attached hydrogen (secondary N) is 1. The quantitative estimate of drug-likeness (QED) is 0.523. The predicted molar refractivity (Wildman–Crippen MR) is 65.7 cm³/mol. The summed E-state index contributed by atoms with van der Waals surface area (Å²) in [4.78, 5) is 21.6. The van der Waals surface area contributed by atoms with Gasteiger partial charge in [0.2, 0.25) is 0 Å². The van der Waals surface area contributed by atoms with Gasteiger partial charge < -0.3 is 5.32 Å². The van der Waals surface area contributed by atoms with Crippen LogP contribution in [-0.2, 0) is 0 Å². The number of nitriles is 1. The van der Waals surface area contributed by atoms with E-state index in [4.69, 9.17) is 28.5 Å². The molecule has 0 aliphatic heterocycles. The minimum atomic E-state index is -0.722. The van der Waals surface area contributed by atoms with Crippen LogP contribution in [0.15, 0.2) is 12.1 Å². The molecule has 0 radical (unpaired) electrons. The van der Waals surface area contributed by atoms with Crippen molar-refractivity contribution in [1.29, 1.82) is 5.26 Å². The Hall–Kier alpha value is -1.84. The van der Waals surface area contributed by atoms with Gasteiger partial charge >= 0.3 is 0 Å². The van der Waals surface area contributed by atoms with Gasteiger partial charge in [-0.3, -0.25) is 14.9 Å². The molecular weight excluding hydrogens is 281 g/mol. The van der Waals surface area contributed by atoms with Gasteiger partial charge in [-0.1, -0.05) is 23.2 Å². The third-order valence-electron chi connectivity index (χ3n) is 1.99. The fourth-order valence-electron chi connectivity index (χ4n) is 1.17. The third-order valence-corrected chi connectivity index (χ3v) is 2.78. The molecule has 0 unspecified atom stereocenters. The molecular formula is C10H7Cl2N3O3. The molecule has 0 spiro atoms. The first-order valence-corrected chi connectivity index (χ1v) is 5.51. The fourth-order valence-corrected chi connectivity index (χ4v) is 1.56. The number of carbonyl (C=O) groups is 1. The smallest absolute Gasteiger partial charge is 0.290 e. The molecule has 0 saturated heterocycles. The Morgan fingerprint density at radius 3 is 2.72 bits per heavy atom. The molecule has 0 aliphatic carbocycles. The molecule has 1 N–H and O–H groups in total. The van der Waals surface area contributed by atoms with Gasteiger partial charge in [0.25, 0.3) is 11.6 Å². The van der Waals surface area contributed by atoms with Crippen molar-refractivity contribution in [3.8, 4) is 6.07 Å². The van der Waals surface area contributed by atoms with Crippen molar-refractivity contribution >= 4 is 34.8 Å². The van der Waals surface area contributed by atoms with Gasteiger partial charge in [-0.05, 0) is 6.07 Å². The Balaban J connectivity index is 3.00. The van der Waals surface area contributed by atoms with E-state index in [1.807, 2.05) is 6.07 Å². The van der Waals surface area contributed by atoms with Crippen molar-refractivity contribution in [3.05, 3.63) is 37.9 Å². The molecule has 1 aromatic rings. The Labute approximate surface area is 112 Å². The number of nitro groups is 1. The fraction of sp³-hybridized carbons (Fsp3) is 0.200. The summed E-state index contributed by atoms with van der Waals surface area (Å²) < 4.78 is 0. The second-order valence-corrected chi connectivity index (χ2v) is 4.00. The summed E-state index contributed by atoms with van der Waals surface area (Å²) in [5.74, 6) is -0.549. The number of rotatable bonds is 4. The second kappa shape index (κ2) is 6.19. The highest BCUT2D eigenvalue weighted by atomic mass is 35.5. The number of nitro benzene ring substituents is 1. The minimum absolute atomic E-state index is 0.0223. The van der Waals surface area contributed by atoms with Crippen molar-refractivity contribution in [2.75, 3.05) is 6.54 Å². The topological polar surface area (TPSA) is 96.0 Å². The maximum atomic E-state index is 11.6. The van der Waals surface area contributed by atoms with Crippen LogP contribution in [0, 0.1) is 21.4 Å². The second-order valence-electron chi connectivity index (χ2n) is 3.21. The van der Waals surface area contributed by atoms with Gasteiger partial charge in [-0.25, -0.2) is 0 Å². The Morgan fingerprint density at radius 2 is 2.17 bits per heavy atom. The molecule has 0 atom stereocenters. The number of hydrogen-bond donors (Lipinski definition) is 1. The van der Waals surface area contributed by atoms with E-state index in [2.05, 4.69) is 5.32 Å². The van der Waals surface area contributed by atoms with Gasteiger partial charge in [0, 0.05) is 18.2 Å². The average molecular weight is 288 g/mol. The number of carbonyl (C=O) groups excluding carboxylic acids is 1. The number of hydrogen-bond acceptors (Lipinski definition) is 4. The van der Waals surface area contributed by atoms with E-state index < -0.39 is 16.5 Å². The molecule has 0 bridgehead atoms. The highest BCUT2D eigenvalue weighted by Gasteiger charge is 2.19. The summed E-state index contributed by atoms with van der Waals surface area (Å²) >= 11 is 11.3. The maximum absolute atomic E-state index is 11.6. The molecule has 0 heterocycles. The molecule has 1 amide bonds. The Morgan fingerprint density at radius 1 is 1.50 bits per heavy atom. The first kappa shape index (κ1) is 14.2. The largest absolute Gasteiger partial charge is 0.351 e. The molecule has 0 fully saturated rings. The lowest BCUT2D eigenvalue weighted by atomic mass is 10.2. The summed E-state index contributed by atoms with van der Waals surface area (Å²) in [5.41, 5.74) is -0.413. The lowest BCUT2D eigenvalue weighted by Gasteiger charge is -2.05. The van der Waals surface area contributed by atoms with Crippen molar-refractivity contribution in [3.63, 3.8) is 0 Å². The average Bonchev–Trinajstić information content (AvgIpc) is 2.32. The molecule has 0 aromatic heterocycles. The standard InChI is InChI=1S/C10H7Cl2N3O3/c11-7-4-6(10(16)14-3-1-2-13)5-8(9(7)12)15(17)18/h4-5H,1,3H2,(H,14,16). The monoisotopic (exact) mass is 287 g/mol. The molecule has 8 heteroatoms. The SMILES string of the molecule is N#CCCNC(=O)c1cc(Cl)c(Cl)c([N+](=O)[O-])c1. The molecule has 18 heavy (non-hydrogen) atoms. The van der Waals surface area contributed by atoms with Crippen LogP contribution in [0.5, 0.6) is 0 Å². The molecule has 1 rings (SSSR count). The van der Waals surface area contributed by atoms with Crippen LogP contribution in [0.4, 0.5) is 5.69 Å². The predicted octanol–water partition coefficient (Wildman–Crippen LogP) is 2.55. The molecule has 0 saturated carbocycles. The van der Waals surface area contributed by atoms with E-state index in [1.54, 1.807) is 0 Å². The highest BCUT2D eigenvalue weighted by molar-refractivity contribution is 6.43. The summed E-state index contributed by atoms with van der Waals surface area (Å²) in [7, 11) is 0. The van der Waals surface area contributed by atoms with Crippen molar-refractivity contribution in [1.82, 2.24) is 5.32 Å². The lowest BCUT2D eigenvalue weighted by Crippen LogP contribution is -2.24. The normalized spacial score (nSPS) is 9.61. The first-order valence-electron chi connectivity index (χ1n) is 4.76. The van der Waals surface area contributed by atoms with Crippen LogP contribution in [0.2, 0.25) is 10.0 Å². The zero-order valence-corrected chi connectivity index (χ0v) is 10.5. The highest BCUT2D eigenvalue weighted by Crippen LogP contribution is 2.32. The number of amides is 1. The summed E-state index contributed by atoms with van der Waals surface area (Å²) in [6.45, 7) is 0.156. The van der Waals surface area contributed by atoms with Crippen LogP contribution in [0.1, 0.15) is 16.8 Å².